The van der Waals surface area contributed by atoms with Crippen LogP contribution in [0.1, 0.15) is 5.69 Å². The van der Waals surface area contributed by atoms with Gasteiger partial charge in [-0.2, -0.15) is 0 Å². The third-order valence-electron chi connectivity index (χ3n) is 1.22. The minimum Gasteiger partial charge on any atom is -0.464 e. The number of rotatable bonds is 2. The van der Waals surface area contributed by atoms with Crippen LogP contribution >= 0.6 is 0 Å². The monoisotopic (exact) mass is 165 g/mol. The van der Waals surface area contributed by atoms with Crippen molar-refractivity contribution in [2.24, 2.45) is 0 Å². The van der Waals surface area contributed by atoms with E-state index in [0.29, 0.717) is 5.88 Å². The Labute approximate surface area is 70.4 Å². The summed E-state index contributed by atoms with van der Waals surface area (Å²) in [7, 11) is 0. The topological polar surface area (TPSA) is 22.1 Å². The van der Waals surface area contributed by atoms with Crippen molar-refractivity contribution < 1.29 is 9.13 Å². The van der Waals surface area contributed by atoms with Gasteiger partial charge in [-0.15, -0.1) is 4.39 Å². The molecule has 0 atom stereocenters. The van der Waals surface area contributed by atoms with Gasteiger partial charge in [0, 0.05) is 11.8 Å². The van der Waals surface area contributed by atoms with Gasteiger partial charge in [-0.05, 0) is 18.9 Å². The lowest BCUT2D eigenvalue weighted by Crippen LogP contribution is -1.96. The summed E-state index contributed by atoms with van der Waals surface area (Å²) >= 11 is 0. The fraction of sp³-hybridized carbons (Fsp3) is 0.222. The second-order valence-electron chi connectivity index (χ2n) is 2.18. The van der Waals surface area contributed by atoms with Gasteiger partial charge in [-0.3, -0.25) is 0 Å². The standard InChI is InChI=1S/C9H8FNO/c1-8-4-2-5-9(11-8)12-7-3-6-10/h2,4-5H,7H2,1H3. The molecule has 0 aliphatic rings. The summed E-state index contributed by atoms with van der Waals surface area (Å²) in [4.78, 5) is 4.03. The van der Waals surface area contributed by atoms with Crippen LogP contribution < -0.4 is 4.74 Å². The predicted molar refractivity (Wildman–Crippen MR) is 43.4 cm³/mol. The van der Waals surface area contributed by atoms with Crippen molar-refractivity contribution in [1.82, 2.24) is 4.98 Å². The molecule has 0 unspecified atom stereocenters. The molecule has 2 nitrogen and oxygen atoms in total. The molecule has 1 aromatic heterocycles. The van der Waals surface area contributed by atoms with E-state index in [2.05, 4.69) is 10.9 Å². The molecule has 0 aliphatic heterocycles. The second kappa shape index (κ2) is 4.35. The lowest BCUT2D eigenvalue weighted by Gasteiger charge is -1.99. The Morgan fingerprint density at radius 2 is 2.42 bits per heavy atom. The van der Waals surface area contributed by atoms with Crippen molar-refractivity contribution in [1.29, 1.82) is 0 Å². The van der Waals surface area contributed by atoms with E-state index >= 15 is 0 Å². The zero-order valence-electron chi connectivity index (χ0n) is 6.67. The number of ether oxygens (including phenoxy) is 1. The first kappa shape index (κ1) is 8.54. The van der Waals surface area contributed by atoms with E-state index in [9.17, 15) is 4.39 Å². The number of aryl methyl sites for hydroxylation is 1. The molecule has 0 aliphatic carbocycles. The first-order valence-electron chi connectivity index (χ1n) is 3.48. The lowest BCUT2D eigenvalue weighted by molar-refractivity contribution is 0.354. The number of pyridine rings is 1. The van der Waals surface area contributed by atoms with Gasteiger partial charge in [0.1, 0.15) is 6.17 Å². The van der Waals surface area contributed by atoms with Gasteiger partial charge < -0.3 is 4.74 Å². The Bertz CT molecular complexity index is 314. The van der Waals surface area contributed by atoms with Gasteiger partial charge in [0.15, 0.2) is 6.61 Å². The van der Waals surface area contributed by atoms with Crippen LogP contribution in [-0.2, 0) is 0 Å². The first-order valence-corrected chi connectivity index (χ1v) is 3.48. The van der Waals surface area contributed by atoms with Crippen LogP contribution in [0.5, 0.6) is 5.88 Å². The quantitative estimate of drug-likeness (QED) is 0.622. The summed E-state index contributed by atoms with van der Waals surface area (Å²) in [5, 5.41) is 0. The van der Waals surface area contributed by atoms with Gasteiger partial charge in [-0.25, -0.2) is 4.98 Å². The van der Waals surface area contributed by atoms with Crippen LogP contribution in [0.2, 0.25) is 0 Å². The summed E-state index contributed by atoms with van der Waals surface area (Å²) in [5.74, 6) is 2.61. The number of aromatic nitrogens is 1. The van der Waals surface area contributed by atoms with Crippen molar-refractivity contribution in [2.45, 2.75) is 6.92 Å². The Hall–Kier alpha value is -1.56. The molecule has 1 heterocycles. The fourth-order valence-corrected chi connectivity index (χ4v) is 0.736. The maximum atomic E-state index is 11.3. The number of halogens is 1. The van der Waals surface area contributed by atoms with Crippen molar-refractivity contribution in [3.8, 4) is 18.0 Å². The molecular formula is C9H8FNO. The highest BCUT2D eigenvalue weighted by atomic mass is 19.1. The molecule has 12 heavy (non-hydrogen) atoms. The maximum Gasteiger partial charge on any atom is 0.214 e. The van der Waals surface area contributed by atoms with E-state index in [1.807, 2.05) is 19.1 Å². The van der Waals surface area contributed by atoms with E-state index in [-0.39, 0.29) is 6.61 Å². The fourth-order valence-electron chi connectivity index (χ4n) is 0.736. The number of hydrogen-bond acceptors (Lipinski definition) is 2. The Morgan fingerprint density at radius 3 is 3.08 bits per heavy atom. The third-order valence-corrected chi connectivity index (χ3v) is 1.22. The van der Waals surface area contributed by atoms with E-state index in [4.69, 9.17) is 4.74 Å². The third kappa shape index (κ3) is 2.59. The Kier molecular flexibility index (Phi) is 3.09. The van der Waals surface area contributed by atoms with Gasteiger partial charge >= 0.3 is 0 Å². The number of hydrogen-bond donors (Lipinski definition) is 0. The summed E-state index contributed by atoms with van der Waals surface area (Å²) in [6, 6.07) is 5.38. The summed E-state index contributed by atoms with van der Waals surface area (Å²) in [6.07, 6.45) is 1.25. The first-order chi connectivity index (χ1) is 5.83. The molecule has 0 bridgehead atoms. The summed E-state index contributed by atoms with van der Waals surface area (Å²) in [6.45, 7) is 1.89. The molecule has 62 valence electrons. The molecule has 3 heteroatoms. The van der Waals surface area contributed by atoms with E-state index in [0.717, 1.165) is 5.69 Å². The molecule has 0 amide bonds. The normalized spacial score (nSPS) is 8.50. The van der Waals surface area contributed by atoms with Gasteiger partial charge in [0.2, 0.25) is 5.88 Å². The maximum absolute atomic E-state index is 11.3. The molecule has 0 radical (unpaired) electrons. The van der Waals surface area contributed by atoms with Crippen LogP contribution in [0.4, 0.5) is 4.39 Å². The predicted octanol–water partition coefficient (Wildman–Crippen LogP) is 1.70. The molecule has 0 N–H and O–H groups in total. The highest BCUT2D eigenvalue weighted by molar-refractivity contribution is 5.15. The van der Waals surface area contributed by atoms with Crippen LogP contribution in [0.25, 0.3) is 0 Å². The Morgan fingerprint density at radius 1 is 1.58 bits per heavy atom. The van der Waals surface area contributed by atoms with Crippen LogP contribution in [-0.4, -0.2) is 11.6 Å². The largest absolute Gasteiger partial charge is 0.464 e. The SMILES string of the molecule is Cc1cccc(OCC#CF)n1. The molecule has 0 saturated heterocycles. The van der Waals surface area contributed by atoms with Gasteiger partial charge in [-0.1, -0.05) is 6.07 Å². The molecule has 1 aromatic rings. The average Bonchev–Trinajstić information content (AvgIpc) is 2.05. The van der Waals surface area contributed by atoms with E-state index < -0.39 is 0 Å². The minimum absolute atomic E-state index is 0.0347. The Balaban J connectivity index is 2.55. The second-order valence-corrected chi connectivity index (χ2v) is 2.18. The number of nitrogens with zero attached hydrogens (tertiary/aromatic N) is 1. The molecule has 0 fully saturated rings. The molecule has 0 spiro atoms. The average molecular weight is 165 g/mol. The van der Waals surface area contributed by atoms with Gasteiger partial charge in [0.05, 0.1) is 0 Å². The molecule has 0 saturated carbocycles. The summed E-state index contributed by atoms with van der Waals surface area (Å²) in [5.41, 5.74) is 0.862. The zero-order valence-corrected chi connectivity index (χ0v) is 6.67. The smallest absolute Gasteiger partial charge is 0.214 e. The highest BCUT2D eigenvalue weighted by Gasteiger charge is 1.92. The van der Waals surface area contributed by atoms with Crippen LogP contribution in [0, 0.1) is 19.0 Å². The van der Waals surface area contributed by atoms with Crippen LogP contribution in [0.3, 0.4) is 0 Å². The molecular weight excluding hydrogens is 157 g/mol. The van der Waals surface area contributed by atoms with Crippen molar-refractivity contribution in [3.63, 3.8) is 0 Å². The van der Waals surface area contributed by atoms with Gasteiger partial charge in [0.25, 0.3) is 0 Å². The van der Waals surface area contributed by atoms with Crippen molar-refractivity contribution in [2.75, 3.05) is 6.61 Å². The molecule has 1 rings (SSSR count). The zero-order chi connectivity index (χ0) is 8.81. The highest BCUT2D eigenvalue weighted by Crippen LogP contribution is 2.05. The van der Waals surface area contributed by atoms with Crippen molar-refractivity contribution in [3.05, 3.63) is 23.9 Å². The van der Waals surface area contributed by atoms with E-state index in [1.54, 1.807) is 6.07 Å². The van der Waals surface area contributed by atoms with Crippen LogP contribution in [0.15, 0.2) is 18.2 Å². The minimum atomic E-state index is 0.0347. The van der Waals surface area contributed by atoms with Crippen molar-refractivity contribution >= 4 is 0 Å². The summed E-state index contributed by atoms with van der Waals surface area (Å²) < 4.78 is 16.3. The molecule has 0 aromatic carbocycles. The van der Waals surface area contributed by atoms with E-state index in [1.165, 1.54) is 6.17 Å². The lowest BCUT2D eigenvalue weighted by atomic mass is 10.4.